The van der Waals surface area contributed by atoms with E-state index >= 15 is 0 Å². The van der Waals surface area contributed by atoms with E-state index in [1.807, 2.05) is 13.0 Å². The highest BCUT2D eigenvalue weighted by Gasteiger charge is 2.16. The minimum Gasteiger partial charge on any atom is -0.363 e. The third kappa shape index (κ3) is 3.63. The second kappa shape index (κ2) is 8.08. The molecule has 0 spiro atoms. The van der Waals surface area contributed by atoms with Crippen molar-refractivity contribution in [1.29, 1.82) is 0 Å². The van der Waals surface area contributed by atoms with Crippen LogP contribution in [0.2, 0.25) is 5.02 Å². The molecule has 11 heteroatoms. The van der Waals surface area contributed by atoms with E-state index in [1.165, 1.54) is 12.6 Å². The molecule has 0 aliphatic rings. The van der Waals surface area contributed by atoms with Gasteiger partial charge in [-0.15, -0.1) is 0 Å². The summed E-state index contributed by atoms with van der Waals surface area (Å²) < 4.78 is 6.30. The number of halogens is 1. The summed E-state index contributed by atoms with van der Waals surface area (Å²) in [6.45, 7) is 1.93. The van der Waals surface area contributed by atoms with Crippen LogP contribution in [-0.2, 0) is 0 Å². The zero-order chi connectivity index (χ0) is 22.1. The Morgan fingerprint density at radius 2 is 2.06 bits per heavy atom. The van der Waals surface area contributed by atoms with Crippen LogP contribution in [0.3, 0.4) is 0 Å². The van der Waals surface area contributed by atoms with Crippen molar-refractivity contribution in [2.75, 3.05) is 10.6 Å². The summed E-state index contributed by atoms with van der Waals surface area (Å²) in [6.07, 6.45) is 6.08. The number of aromatic nitrogens is 6. The molecule has 10 nitrogen and oxygen atoms in total. The van der Waals surface area contributed by atoms with Crippen LogP contribution in [-0.4, -0.2) is 35.8 Å². The van der Waals surface area contributed by atoms with Gasteiger partial charge in [0.1, 0.15) is 18.4 Å². The number of aryl methyl sites for hydroxylation is 1. The SMILES string of the molecule is Cc1ccc(C(=O)Nc2ccon2)cc1Nc1ncnc2c1cnn2-c1ncccc1Cl. The van der Waals surface area contributed by atoms with Crippen LogP contribution in [0, 0.1) is 6.92 Å². The highest BCUT2D eigenvalue weighted by Crippen LogP contribution is 2.28. The second-order valence-corrected chi connectivity index (χ2v) is 7.23. The summed E-state index contributed by atoms with van der Waals surface area (Å²) in [4.78, 5) is 25.5. The van der Waals surface area contributed by atoms with Crippen LogP contribution in [0.4, 0.5) is 17.3 Å². The Kier molecular flexibility index (Phi) is 4.96. The molecule has 1 aromatic carbocycles. The molecule has 4 heterocycles. The highest BCUT2D eigenvalue weighted by molar-refractivity contribution is 6.32. The van der Waals surface area contributed by atoms with E-state index in [4.69, 9.17) is 16.1 Å². The molecule has 0 aliphatic heterocycles. The zero-order valence-corrected chi connectivity index (χ0v) is 17.4. The summed E-state index contributed by atoms with van der Waals surface area (Å²) in [5, 5.41) is 15.2. The first-order valence-corrected chi connectivity index (χ1v) is 9.87. The molecule has 0 bridgehead atoms. The van der Waals surface area contributed by atoms with E-state index in [-0.39, 0.29) is 5.91 Å². The van der Waals surface area contributed by atoms with E-state index in [9.17, 15) is 4.79 Å². The van der Waals surface area contributed by atoms with Gasteiger partial charge in [-0.05, 0) is 36.8 Å². The molecule has 32 heavy (non-hydrogen) atoms. The lowest BCUT2D eigenvalue weighted by Gasteiger charge is -2.11. The molecule has 0 radical (unpaired) electrons. The summed E-state index contributed by atoms with van der Waals surface area (Å²) in [5.74, 6) is 1.03. The smallest absolute Gasteiger partial charge is 0.256 e. The van der Waals surface area contributed by atoms with Crippen LogP contribution >= 0.6 is 11.6 Å². The first-order valence-electron chi connectivity index (χ1n) is 9.49. The minimum absolute atomic E-state index is 0.313. The number of rotatable bonds is 5. The number of hydrogen-bond acceptors (Lipinski definition) is 8. The van der Waals surface area contributed by atoms with Gasteiger partial charge in [-0.25, -0.2) is 15.0 Å². The first kappa shape index (κ1) is 19.6. The Bertz CT molecular complexity index is 1430. The van der Waals surface area contributed by atoms with E-state index in [1.54, 1.807) is 47.4 Å². The summed E-state index contributed by atoms with van der Waals surface area (Å²) in [5.41, 5.74) is 2.62. The van der Waals surface area contributed by atoms with E-state index in [0.717, 1.165) is 5.56 Å². The molecule has 2 N–H and O–H groups in total. The van der Waals surface area contributed by atoms with Gasteiger partial charge >= 0.3 is 0 Å². The van der Waals surface area contributed by atoms with Gasteiger partial charge < -0.3 is 15.2 Å². The number of amides is 1. The quantitative estimate of drug-likeness (QED) is 0.412. The summed E-state index contributed by atoms with van der Waals surface area (Å²) in [6, 6.07) is 10.3. The number of carbonyl (C=O) groups excluding carboxylic acids is 1. The number of carbonyl (C=O) groups is 1. The number of benzene rings is 1. The Morgan fingerprint density at radius 3 is 2.88 bits per heavy atom. The molecular weight excluding hydrogens is 432 g/mol. The van der Waals surface area contributed by atoms with Gasteiger partial charge in [0.25, 0.3) is 5.91 Å². The predicted molar refractivity (Wildman–Crippen MR) is 118 cm³/mol. The van der Waals surface area contributed by atoms with Crippen LogP contribution < -0.4 is 10.6 Å². The van der Waals surface area contributed by atoms with Crippen molar-refractivity contribution < 1.29 is 9.32 Å². The fourth-order valence-electron chi connectivity index (χ4n) is 3.12. The minimum atomic E-state index is -0.313. The Labute approximate surface area is 186 Å². The van der Waals surface area contributed by atoms with Gasteiger partial charge in [0.05, 0.1) is 16.6 Å². The summed E-state index contributed by atoms with van der Waals surface area (Å²) >= 11 is 6.27. The van der Waals surface area contributed by atoms with Crippen molar-refractivity contribution in [2.45, 2.75) is 6.92 Å². The molecule has 0 atom stereocenters. The third-order valence-corrected chi connectivity index (χ3v) is 5.03. The number of nitrogens with one attached hydrogen (secondary N) is 2. The van der Waals surface area contributed by atoms with Crippen LogP contribution in [0.1, 0.15) is 15.9 Å². The van der Waals surface area contributed by atoms with E-state index in [0.29, 0.717) is 44.8 Å². The monoisotopic (exact) mass is 446 g/mol. The topological polar surface area (TPSA) is 124 Å². The zero-order valence-electron chi connectivity index (χ0n) is 16.7. The van der Waals surface area contributed by atoms with Gasteiger partial charge in [-0.1, -0.05) is 22.8 Å². The number of nitrogens with zero attached hydrogens (tertiary/aromatic N) is 6. The molecule has 158 valence electrons. The largest absolute Gasteiger partial charge is 0.363 e. The maximum Gasteiger partial charge on any atom is 0.256 e. The molecular formula is C21H15ClN8O2. The van der Waals surface area contributed by atoms with Crippen LogP contribution in [0.15, 0.2) is 65.9 Å². The second-order valence-electron chi connectivity index (χ2n) is 6.82. The first-order chi connectivity index (χ1) is 15.6. The van der Waals surface area contributed by atoms with Crippen molar-refractivity contribution in [3.8, 4) is 5.82 Å². The average Bonchev–Trinajstić information content (AvgIpc) is 3.46. The van der Waals surface area contributed by atoms with Crippen molar-refractivity contribution in [3.05, 3.63) is 77.5 Å². The Morgan fingerprint density at radius 1 is 1.16 bits per heavy atom. The number of pyridine rings is 1. The van der Waals surface area contributed by atoms with Gasteiger partial charge in [-0.2, -0.15) is 9.78 Å². The van der Waals surface area contributed by atoms with Crippen LogP contribution in [0.5, 0.6) is 0 Å². The Hall–Kier alpha value is -4.31. The van der Waals surface area contributed by atoms with Gasteiger partial charge in [-0.3, -0.25) is 4.79 Å². The van der Waals surface area contributed by atoms with E-state index < -0.39 is 0 Å². The van der Waals surface area contributed by atoms with Gasteiger partial charge in [0, 0.05) is 23.5 Å². The fourth-order valence-corrected chi connectivity index (χ4v) is 3.32. The molecule has 0 saturated heterocycles. The third-order valence-electron chi connectivity index (χ3n) is 4.74. The molecule has 1 amide bonds. The fraction of sp³-hybridized carbons (Fsp3) is 0.0476. The normalized spacial score (nSPS) is 10.9. The van der Waals surface area contributed by atoms with Crippen molar-refractivity contribution in [3.63, 3.8) is 0 Å². The van der Waals surface area contributed by atoms with Crippen molar-refractivity contribution in [2.24, 2.45) is 0 Å². The number of hydrogen-bond donors (Lipinski definition) is 2. The van der Waals surface area contributed by atoms with Gasteiger partial charge in [0.15, 0.2) is 17.3 Å². The lowest BCUT2D eigenvalue weighted by Crippen LogP contribution is -2.12. The lowest BCUT2D eigenvalue weighted by atomic mass is 10.1. The van der Waals surface area contributed by atoms with Crippen LogP contribution in [0.25, 0.3) is 16.9 Å². The maximum absolute atomic E-state index is 12.6. The molecule has 0 aliphatic carbocycles. The highest BCUT2D eigenvalue weighted by atomic mass is 35.5. The lowest BCUT2D eigenvalue weighted by molar-refractivity contribution is 0.102. The molecule has 5 aromatic rings. The molecule has 4 aromatic heterocycles. The molecule has 0 unspecified atom stereocenters. The van der Waals surface area contributed by atoms with Gasteiger partial charge in [0.2, 0.25) is 0 Å². The maximum atomic E-state index is 12.6. The van der Waals surface area contributed by atoms with Crippen molar-refractivity contribution in [1.82, 2.24) is 29.9 Å². The summed E-state index contributed by atoms with van der Waals surface area (Å²) in [7, 11) is 0. The Balaban J connectivity index is 1.48. The number of fused-ring (bicyclic) bond motifs is 1. The molecule has 0 saturated carbocycles. The molecule has 5 rings (SSSR count). The molecule has 0 fully saturated rings. The standard InChI is InChI=1S/C21H15ClN8O2/c1-12-4-5-13(21(31)28-17-6-8-32-29-17)9-16(12)27-18-14-10-26-30(19(14)25-11-24-18)20-15(22)3-2-7-23-20/h2-11H,1H3,(H,24,25,27)(H,28,29,31). The predicted octanol–water partition coefficient (Wildman–Crippen LogP) is 4.16. The van der Waals surface area contributed by atoms with E-state index in [2.05, 4.69) is 35.8 Å². The average molecular weight is 447 g/mol. The number of anilines is 3. The van der Waals surface area contributed by atoms with Crippen molar-refractivity contribution >= 4 is 45.9 Å².